The van der Waals surface area contributed by atoms with E-state index in [2.05, 4.69) is 9.47 Å². The number of unbranched alkanes of at least 4 members (excludes halogenated alkanes) is 3. The van der Waals surface area contributed by atoms with Crippen LogP contribution in [0, 0.1) is 0 Å². The number of hydrogen-bond acceptors (Lipinski definition) is 6. The van der Waals surface area contributed by atoms with Gasteiger partial charge in [0.25, 0.3) is 0 Å². The van der Waals surface area contributed by atoms with Gasteiger partial charge in [0, 0.05) is 0 Å². The Bertz CT molecular complexity index is 671. The van der Waals surface area contributed by atoms with Crippen LogP contribution in [0.2, 0.25) is 0 Å². The lowest BCUT2D eigenvalue weighted by Gasteiger charge is -2.08. The van der Waals surface area contributed by atoms with E-state index in [-0.39, 0.29) is 11.9 Å². The van der Waals surface area contributed by atoms with Crippen molar-refractivity contribution in [1.82, 2.24) is 0 Å². The van der Waals surface area contributed by atoms with Gasteiger partial charge in [0.15, 0.2) is 0 Å². The number of carbonyl (C=O) groups excluding carboxylic acids is 2. The van der Waals surface area contributed by atoms with Crippen molar-refractivity contribution in [2.45, 2.75) is 25.7 Å². The topological polar surface area (TPSA) is 71.1 Å². The van der Waals surface area contributed by atoms with Gasteiger partial charge < -0.3 is 18.9 Å². The zero-order chi connectivity index (χ0) is 20.2. The lowest BCUT2D eigenvalue weighted by Crippen LogP contribution is -2.02. The van der Waals surface area contributed by atoms with Crippen LogP contribution in [0.4, 0.5) is 0 Å². The predicted molar refractivity (Wildman–Crippen MR) is 105 cm³/mol. The molecule has 28 heavy (non-hydrogen) atoms. The minimum Gasteiger partial charge on any atom is -0.494 e. The van der Waals surface area contributed by atoms with Crippen LogP contribution in [-0.4, -0.2) is 39.4 Å². The largest absolute Gasteiger partial charge is 0.494 e. The maximum atomic E-state index is 11.4. The van der Waals surface area contributed by atoms with E-state index < -0.39 is 0 Å². The Hall–Kier alpha value is -3.02. The number of carbonyl (C=O) groups is 2. The molecule has 2 aromatic rings. The third-order valence-electron chi connectivity index (χ3n) is 4.13. The van der Waals surface area contributed by atoms with Gasteiger partial charge in [-0.15, -0.1) is 0 Å². The van der Waals surface area contributed by atoms with E-state index in [9.17, 15) is 9.59 Å². The van der Waals surface area contributed by atoms with Gasteiger partial charge in [0.1, 0.15) is 11.5 Å². The minimum atomic E-state index is -0.354. The third-order valence-corrected chi connectivity index (χ3v) is 4.13. The summed E-state index contributed by atoms with van der Waals surface area (Å²) in [7, 11) is 2.72. The molecule has 0 bridgehead atoms. The summed E-state index contributed by atoms with van der Waals surface area (Å²) in [5.74, 6) is 0.777. The van der Waals surface area contributed by atoms with Crippen molar-refractivity contribution < 1.29 is 28.5 Å². The van der Waals surface area contributed by atoms with Gasteiger partial charge in [-0.05, 0) is 74.2 Å². The molecule has 150 valence electrons. The first kappa shape index (κ1) is 21.3. The Balaban J connectivity index is 1.54. The monoisotopic (exact) mass is 386 g/mol. The Morgan fingerprint density at radius 2 is 0.964 bits per heavy atom. The van der Waals surface area contributed by atoms with Crippen molar-refractivity contribution in [2.24, 2.45) is 0 Å². The molecule has 0 radical (unpaired) electrons. The highest BCUT2D eigenvalue weighted by molar-refractivity contribution is 5.89. The first-order valence-corrected chi connectivity index (χ1v) is 9.26. The SMILES string of the molecule is COC(=O)c1ccc(OCCCCCCOc2ccc(C(=O)OC)cc2)cc1. The van der Waals surface area contributed by atoms with Crippen LogP contribution in [0.1, 0.15) is 46.4 Å². The van der Waals surface area contributed by atoms with Crippen LogP contribution >= 0.6 is 0 Å². The van der Waals surface area contributed by atoms with Crippen molar-refractivity contribution in [3.05, 3.63) is 59.7 Å². The van der Waals surface area contributed by atoms with Gasteiger partial charge in [0.2, 0.25) is 0 Å². The molecule has 6 heteroatoms. The lowest BCUT2D eigenvalue weighted by atomic mass is 10.2. The van der Waals surface area contributed by atoms with Gasteiger partial charge in [-0.3, -0.25) is 0 Å². The molecule has 0 saturated heterocycles. The van der Waals surface area contributed by atoms with E-state index >= 15 is 0 Å². The summed E-state index contributed by atoms with van der Waals surface area (Å²) < 4.78 is 20.7. The van der Waals surface area contributed by atoms with Gasteiger partial charge >= 0.3 is 11.9 Å². The molecule has 6 nitrogen and oxygen atoms in total. The Kier molecular flexibility index (Phi) is 8.85. The van der Waals surface area contributed by atoms with E-state index in [0.717, 1.165) is 37.2 Å². The van der Waals surface area contributed by atoms with E-state index in [1.807, 2.05) is 0 Å². The summed E-state index contributed by atoms with van der Waals surface area (Å²) in [4.78, 5) is 22.7. The molecular formula is C22H26O6. The highest BCUT2D eigenvalue weighted by Crippen LogP contribution is 2.15. The van der Waals surface area contributed by atoms with E-state index in [4.69, 9.17) is 9.47 Å². The van der Waals surface area contributed by atoms with E-state index in [0.29, 0.717) is 24.3 Å². The Labute approximate surface area is 165 Å². The van der Waals surface area contributed by atoms with Gasteiger partial charge in [-0.1, -0.05) is 0 Å². The molecule has 0 aliphatic rings. The van der Waals surface area contributed by atoms with E-state index in [1.54, 1.807) is 48.5 Å². The molecule has 0 amide bonds. The maximum absolute atomic E-state index is 11.4. The van der Waals surface area contributed by atoms with Crippen molar-refractivity contribution in [3.8, 4) is 11.5 Å². The number of rotatable bonds is 11. The minimum absolute atomic E-state index is 0.354. The molecule has 0 unspecified atom stereocenters. The molecule has 0 fully saturated rings. The first-order valence-electron chi connectivity index (χ1n) is 9.26. The van der Waals surface area contributed by atoms with Gasteiger partial charge in [-0.25, -0.2) is 9.59 Å². The van der Waals surface area contributed by atoms with Crippen LogP contribution < -0.4 is 9.47 Å². The zero-order valence-electron chi connectivity index (χ0n) is 16.3. The fourth-order valence-corrected chi connectivity index (χ4v) is 2.55. The summed E-state index contributed by atoms with van der Waals surface area (Å²) >= 11 is 0. The Morgan fingerprint density at radius 1 is 0.607 bits per heavy atom. The molecule has 2 aromatic carbocycles. The summed E-state index contributed by atoms with van der Waals surface area (Å²) in [6, 6.07) is 13.8. The molecule has 0 aliphatic heterocycles. The number of methoxy groups -OCH3 is 2. The third kappa shape index (κ3) is 6.95. The van der Waals surface area contributed by atoms with Crippen LogP contribution in [0.15, 0.2) is 48.5 Å². The number of ether oxygens (including phenoxy) is 4. The van der Waals surface area contributed by atoms with Crippen LogP contribution in [-0.2, 0) is 9.47 Å². The van der Waals surface area contributed by atoms with Gasteiger partial charge in [-0.2, -0.15) is 0 Å². The van der Waals surface area contributed by atoms with E-state index in [1.165, 1.54) is 14.2 Å². The highest BCUT2D eigenvalue weighted by Gasteiger charge is 2.05. The molecular weight excluding hydrogens is 360 g/mol. The van der Waals surface area contributed by atoms with Crippen molar-refractivity contribution in [1.29, 1.82) is 0 Å². The average molecular weight is 386 g/mol. The lowest BCUT2D eigenvalue weighted by molar-refractivity contribution is 0.0591. The summed E-state index contributed by atoms with van der Waals surface area (Å²) in [5.41, 5.74) is 1.02. The predicted octanol–water partition coefficient (Wildman–Crippen LogP) is 4.28. The summed E-state index contributed by atoms with van der Waals surface area (Å²) in [6.45, 7) is 1.26. The second kappa shape index (κ2) is 11.6. The summed E-state index contributed by atoms with van der Waals surface area (Å²) in [6.07, 6.45) is 3.99. The average Bonchev–Trinajstić information content (AvgIpc) is 2.75. The first-order chi connectivity index (χ1) is 13.6. The standard InChI is InChI=1S/C22H26O6/c1-25-21(23)17-7-11-19(12-8-17)27-15-5-3-4-6-16-28-20-13-9-18(10-14-20)22(24)26-2/h7-14H,3-6,15-16H2,1-2H3. The molecule has 0 aliphatic carbocycles. The second-order valence-corrected chi connectivity index (χ2v) is 6.14. The van der Waals surface area contributed by atoms with Crippen molar-refractivity contribution in [3.63, 3.8) is 0 Å². The molecule has 0 atom stereocenters. The highest BCUT2D eigenvalue weighted by atomic mass is 16.5. The normalized spacial score (nSPS) is 10.2. The van der Waals surface area contributed by atoms with Crippen LogP contribution in [0.5, 0.6) is 11.5 Å². The molecule has 0 saturated carbocycles. The Morgan fingerprint density at radius 3 is 1.29 bits per heavy atom. The molecule has 0 N–H and O–H groups in total. The zero-order valence-corrected chi connectivity index (χ0v) is 16.3. The van der Waals surface area contributed by atoms with Crippen molar-refractivity contribution in [2.75, 3.05) is 27.4 Å². The smallest absolute Gasteiger partial charge is 0.337 e. The number of benzene rings is 2. The quantitative estimate of drug-likeness (QED) is 0.424. The maximum Gasteiger partial charge on any atom is 0.337 e. The summed E-state index contributed by atoms with van der Waals surface area (Å²) in [5, 5.41) is 0. The second-order valence-electron chi connectivity index (χ2n) is 6.14. The number of hydrogen-bond donors (Lipinski definition) is 0. The molecule has 0 heterocycles. The molecule has 0 spiro atoms. The van der Waals surface area contributed by atoms with Crippen LogP contribution in [0.25, 0.3) is 0 Å². The van der Waals surface area contributed by atoms with Crippen LogP contribution in [0.3, 0.4) is 0 Å². The molecule has 0 aromatic heterocycles. The van der Waals surface area contributed by atoms with Crippen molar-refractivity contribution >= 4 is 11.9 Å². The fourth-order valence-electron chi connectivity index (χ4n) is 2.55. The molecule has 2 rings (SSSR count). The fraction of sp³-hybridized carbons (Fsp3) is 0.364. The van der Waals surface area contributed by atoms with Gasteiger partial charge in [0.05, 0.1) is 38.6 Å². The number of esters is 2.